The van der Waals surface area contributed by atoms with Gasteiger partial charge in [-0.2, -0.15) is 0 Å². The van der Waals surface area contributed by atoms with Gasteiger partial charge in [0.15, 0.2) is 0 Å². The third-order valence-electron chi connectivity index (χ3n) is 2.55. The second-order valence-electron chi connectivity index (χ2n) is 4.18. The molecule has 2 aromatic heterocycles. The molecular formula is C13H17BrN4. The van der Waals surface area contributed by atoms with Gasteiger partial charge in [0.25, 0.3) is 0 Å². The lowest BCUT2D eigenvalue weighted by atomic mass is 10.3. The van der Waals surface area contributed by atoms with Crippen LogP contribution in [0.2, 0.25) is 0 Å². The van der Waals surface area contributed by atoms with Crippen LogP contribution in [0.5, 0.6) is 0 Å². The Morgan fingerprint density at radius 2 is 2.17 bits per heavy atom. The van der Waals surface area contributed by atoms with Crippen molar-refractivity contribution < 1.29 is 0 Å². The number of pyridine rings is 1. The summed E-state index contributed by atoms with van der Waals surface area (Å²) < 4.78 is 3.06. The zero-order valence-electron chi connectivity index (χ0n) is 10.4. The second kappa shape index (κ2) is 6.66. The zero-order valence-corrected chi connectivity index (χ0v) is 12.0. The van der Waals surface area contributed by atoms with E-state index in [4.69, 9.17) is 0 Å². The number of rotatable bonds is 6. The van der Waals surface area contributed by atoms with Gasteiger partial charge in [-0.25, -0.2) is 4.98 Å². The maximum Gasteiger partial charge on any atom is 0.0953 e. The highest BCUT2D eigenvalue weighted by atomic mass is 79.9. The minimum atomic E-state index is 0.758. The van der Waals surface area contributed by atoms with Crippen LogP contribution in [0.4, 0.5) is 0 Å². The molecule has 0 fully saturated rings. The highest BCUT2D eigenvalue weighted by molar-refractivity contribution is 9.10. The maximum atomic E-state index is 4.37. The molecule has 4 nitrogen and oxygen atoms in total. The van der Waals surface area contributed by atoms with Crippen molar-refractivity contribution in [2.24, 2.45) is 0 Å². The van der Waals surface area contributed by atoms with Crippen LogP contribution in [0.3, 0.4) is 0 Å². The fourth-order valence-electron chi connectivity index (χ4n) is 1.66. The first kappa shape index (κ1) is 13.2. The Bertz CT molecular complexity index is 478. The molecule has 0 bridgehead atoms. The topological polar surface area (TPSA) is 42.7 Å². The highest BCUT2D eigenvalue weighted by Crippen LogP contribution is 2.08. The first-order chi connectivity index (χ1) is 8.78. The molecule has 0 saturated carbocycles. The Labute approximate surface area is 116 Å². The van der Waals surface area contributed by atoms with Crippen LogP contribution >= 0.6 is 15.9 Å². The predicted octanol–water partition coefficient (Wildman–Crippen LogP) is 2.59. The van der Waals surface area contributed by atoms with Gasteiger partial charge in [-0.3, -0.25) is 4.98 Å². The summed E-state index contributed by atoms with van der Waals surface area (Å²) in [4.78, 5) is 8.71. The number of imidazole rings is 1. The molecule has 0 aliphatic carbocycles. The summed E-state index contributed by atoms with van der Waals surface area (Å²) in [7, 11) is 0. The standard InChI is InChI=1S/C13H17BrN4/c1-2-5-15-7-13-9-18(10-17-13)8-12-4-3-11(14)6-16-12/h3-4,6,9-10,15H,2,5,7-8H2,1H3. The molecule has 2 heterocycles. The Kier molecular flexibility index (Phi) is 4.90. The van der Waals surface area contributed by atoms with Gasteiger partial charge in [0, 0.05) is 23.4 Å². The van der Waals surface area contributed by atoms with Crippen LogP contribution in [0, 0.1) is 0 Å². The summed E-state index contributed by atoms with van der Waals surface area (Å²) in [5, 5.41) is 3.34. The second-order valence-corrected chi connectivity index (χ2v) is 5.10. The summed E-state index contributed by atoms with van der Waals surface area (Å²) in [6, 6.07) is 4.02. The third-order valence-corrected chi connectivity index (χ3v) is 3.02. The molecule has 0 aliphatic rings. The summed E-state index contributed by atoms with van der Waals surface area (Å²) in [6.07, 6.45) is 6.87. The zero-order chi connectivity index (χ0) is 12.8. The molecule has 0 aliphatic heterocycles. The maximum absolute atomic E-state index is 4.37. The first-order valence-electron chi connectivity index (χ1n) is 6.09. The smallest absolute Gasteiger partial charge is 0.0953 e. The molecule has 5 heteroatoms. The van der Waals surface area contributed by atoms with E-state index in [0.29, 0.717) is 0 Å². The number of nitrogens with one attached hydrogen (secondary N) is 1. The monoisotopic (exact) mass is 308 g/mol. The quantitative estimate of drug-likeness (QED) is 0.834. The van der Waals surface area contributed by atoms with Crippen molar-refractivity contribution >= 4 is 15.9 Å². The average molecular weight is 309 g/mol. The van der Waals surface area contributed by atoms with E-state index < -0.39 is 0 Å². The summed E-state index contributed by atoms with van der Waals surface area (Å²) >= 11 is 3.38. The molecule has 0 radical (unpaired) electrons. The van der Waals surface area contributed by atoms with E-state index >= 15 is 0 Å². The number of halogens is 1. The van der Waals surface area contributed by atoms with Gasteiger partial charge in [0.2, 0.25) is 0 Å². The molecule has 0 amide bonds. The molecule has 0 spiro atoms. The predicted molar refractivity (Wildman–Crippen MR) is 75.3 cm³/mol. The Hall–Kier alpha value is -1.20. The van der Waals surface area contributed by atoms with E-state index in [2.05, 4.69) is 48.9 Å². The molecule has 0 atom stereocenters. The molecular weight excluding hydrogens is 292 g/mol. The van der Waals surface area contributed by atoms with Gasteiger partial charge in [0.1, 0.15) is 0 Å². The van der Waals surface area contributed by atoms with Gasteiger partial charge in [-0.1, -0.05) is 6.92 Å². The minimum absolute atomic E-state index is 0.758. The largest absolute Gasteiger partial charge is 0.331 e. The van der Waals surface area contributed by atoms with Crippen LogP contribution in [-0.2, 0) is 13.1 Å². The molecule has 1 N–H and O–H groups in total. The van der Waals surface area contributed by atoms with Crippen molar-refractivity contribution in [1.29, 1.82) is 0 Å². The summed E-state index contributed by atoms with van der Waals surface area (Å²) in [6.45, 7) is 4.77. The van der Waals surface area contributed by atoms with E-state index in [1.54, 1.807) is 0 Å². The normalized spacial score (nSPS) is 10.8. The molecule has 0 unspecified atom stereocenters. The van der Waals surface area contributed by atoms with Crippen LogP contribution in [0.1, 0.15) is 24.7 Å². The minimum Gasteiger partial charge on any atom is -0.331 e. The van der Waals surface area contributed by atoms with Crippen molar-refractivity contribution in [3.8, 4) is 0 Å². The van der Waals surface area contributed by atoms with Crippen LogP contribution in [-0.4, -0.2) is 21.1 Å². The van der Waals surface area contributed by atoms with E-state index in [-0.39, 0.29) is 0 Å². The van der Waals surface area contributed by atoms with E-state index in [1.165, 1.54) is 0 Å². The van der Waals surface area contributed by atoms with Crippen molar-refractivity contribution in [2.45, 2.75) is 26.4 Å². The van der Waals surface area contributed by atoms with Crippen LogP contribution in [0.15, 0.2) is 35.3 Å². The fraction of sp³-hybridized carbons (Fsp3) is 0.385. The van der Waals surface area contributed by atoms with E-state index in [9.17, 15) is 0 Å². The Balaban J connectivity index is 1.91. The lowest BCUT2D eigenvalue weighted by Crippen LogP contribution is -2.13. The summed E-state index contributed by atoms with van der Waals surface area (Å²) in [5.41, 5.74) is 2.10. The van der Waals surface area contributed by atoms with Gasteiger partial charge in [0.05, 0.1) is 24.3 Å². The lowest BCUT2D eigenvalue weighted by Gasteiger charge is -2.01. The third kappa shape index (κ3) is 3.92. The van der Waals surface area contributed by atoms with Crippen LogP contribution < -0.4 is 5.32 Å². The van der Waals surface area contributed by atoms with Crippen LogP contribution in [0.25, 0.3) is 0 Å². The number of aromatic nitrogens is 3. The summed E-state index contributed by atoms with van der Waals surface area (Å²) in [5.74, 6) is 0. The average Bonchev–Trinajstić information content (AvgIpc) is 2.80. The first-order valence-corrected chi connectivity index (χ1v) is 6.89. The molecule has 2 aromatic rings. The van der Waals surface area contributed by atoms with Gasteiger partial charge >= 0.3 is 0 Å². The lowest BCUT2D eigenvalue weighted by molar-refractivity contribution is 0.665. The molecule has 18 heavy (non-hydrogen) atoms. The molecule has 2 rings (SSSR count). The fourth-order valence-corrected chi connectivity index (χ4v) is 1.90. The molecule has 96 valence electrons. The van der Waals surface area contributed by atoms with Crippen molar-refractivity contribution in [3.63, 3.8) is 0 Å². The number of hydrogen-bond donors (Lipinski definition) is 1. The van der Waals surface area contributed by atoms with Gasteiger partial charge < -0.3 is 9.88 Å². The number of hydrogen-bond acceptors (Lipinski definition) is 3. The van der Waals surface area contributed by atoms with Crippen molar-refractivity contribution in [3.05, 3.63) is 46.7 Å². The SMILES string of the molecule is CCCNCc1cn(Cc2ccc(Br)cn2)cn1. The van der Waals surface area contributed by atoms with Gasteiger partial charge in [-0.15, -0.1) is 0 Å². The molecule has 0 aromatic carbocycles. The highest BCUT2D eigenvalue weighted by Gasteiger charge is 2.00. The van der Waals surface area contributed by atoms with Crippen molar-refractivity contribution in [2.75, 3.05) is 6.54 Å². The number of nitrogens with zero attached hydrogens (tertiary/aromatic N) is 3. The Morgan fingerprint density at radius 1 is 1.28 bits per heavy atom. The van der Waals surface area contributed by atoms with Gasteiger partial charge in [-0.05, 0) is 41.0 Å². The van der Waals surface area contributed by atoms with E-state index in [1.807, 2.05) is 24.7 Å². The molecule has 0 saturated heterocycles. The van der Waals surface area contributed by atoms with Crippen molar-refractivity contribution in [1.82, 2.24) is 19.9 Å². The Morgan fingerprint density at radius 3 is 2.89 bits per heavy atom. The van der Waals surface area contributed by atoms with E-state index in [0.717, 1.165) is 41.9 Å².